The highest BCUT2D eigenvalue weighted by molar-refractivity contribution is 6.31. The fourth-order valence-corrected chi connectivity index (χ4v) is 1.43. The summed E-state index contributed by atoms with van der Waals surface area (Å²) < 4.78 is 111. The average molecular weight is 279 g/mol. The van der Waals surface area contributed by atoms with Crippen LogP contribution in [-0.4, -0.2) is 23.9 Å². The summed E-state index contributed by atoms with van der Waals surface area (Å²) >= 11 is 4.27. The maximum absolute atomic E-state index is 12.5. The summed E-state index contributed by atoms with van der Waals surface area (Å²) in [7, 11) is 0. The van der Waals surface area contributed by atoms with Crippen molar-refractivity contribution >= 4 is 11.6 Å². The standard InChI is InChI=1S/C6ClF9/c7-2-1(5(12,13)14)3(8,9)6(15,16)4(2,10)11. The third-order valence-corrected chi connectivity index (χ3v) is 2.31. The Morgan fingerprint density at radius 1 is 0.812 bits per heavy atom. The van der Waals surface area contributed by atoms with Gasteiger partial charge in [-0.1, -0.05) is 11.6 Å². The van der Waals surface area contributed by atoms with Crippen LogP contribution in [0.5, 0.6) is 0 Å². The highest BCUT2D eigenvalue weighted by atomic mass is 35.5. The topological polar surface area (TPSA) is 0 Å². The van der Waals surface area contributed by atoms with Gasteiger partial charge in [-0.15, -0.1) is 0 Å². The van der Waals surface area contributed by atoms with Gasteiger partial charge in [0.15, 0.2) is 0 Å². The molecule has 0 unspecified atom stereocenters. The summed E-state index contributed by atoms with van der Waals surface area (Å²) in [6.45, 7) is 0. The summed E-state index contributed by atoms with van der Waals surface area (Å²) in [4.78, 5) is 0. The van der Waals surface area contributed by atoms with Crippen LogP contribution in [0.25, 0.3) is 0 Å². The molecule has 0 heterocycles. The number of hydrogen-bond donors (Lipinski definition) is 0. The SMILES string of the molecule is FC(F)(F)C1=C(Cl)C(F)(F)C(F)(F)C1(F)F. The van der Waals surface area contributed by atoms with Crippen molar-refractivity contribution in [1.82, 2.24) is 0 Å². The predicted molar refractivity (Wildman–Crippen MR) is 33.8 cm³/mol. The maximum atomic E-state index is 12.5. The Kier molecular flexibility index (Phi) is 2.52. The molecular weight excluding hydrogens is 279 g/mol. The van der Waals surface area contributed by atoms with Crippen LogP contribution in [-0.2, 0) is 0 Å². The Hall–Kier alpha value is -0.600. The van der Waals surface area contributed by atoms with Gasteiger partial charge in [-0.05, 0) is 0 Å². The maximum Gasteiger partial charge on any atom is 0.420 e. The quantitative estimate of drug-likeness (QED) is 0.588. The molecule has 1 aliphatic carbocycles. The zero-order valence-corrected chi connectivity index (χ0v) is 7.54. The molecule has 10 heteroatoms. The number of alkyl halides is 9. The Balaban J connectivity index is 3.55. The van der Waals surface area contributed by atoms with E-state index in [1.54, 1.807) is 0 Å². The largest absolute Gasteiger partial charge is 0.420 e. The lowest BCUT2D eigenvalue weighted by atomic mass is 10.1. The highest BCUT2D eigenvalue weighted by Crippen LogP contribution is 2.63. The van der Waals surface area contributed by atoms with Crippen molar-refractivity contribution in [3.63, 3.8) is 0 Å². The van der Waals surface area contributed by atoms with Crippen molar-refractivity contribution in [1.29, 1.82) is 0 Å². The van der Waals surface area contributed by atoms with Crippen molar-refractivity contribution in [2.45, 2.75) is 23.9 Å². The lowest BCUT2D eigenvalue weighted by molar-refractivity contribution is -0.272. The van der Waals surface area contributed by atoms with E-state index in [9.17, 15) is 39.5 Å². The number of allylic oxidation sites excluding steroid dienone is 2. The lowest BCUT2D eigenvalue weighted by Gasteiger charge is -2.25. The smallest absolute Gasteiger partial charge is 0.194 e. The fourth-order valence-electron chi connectivity index (χ4n) is 1.09. The Bertz CT molecular complexity index is 350. The summed E-state index contributed by atoms with van der Waals surface area (Å²) in [6.07, 6.45) is -6.07. The molecule has 0 aliphatic heterocycles. The second-order valence-electron chi connectivity index (χ2n) is 2.91. The first kappa shape index (κ1) is 13.5. The molecule has 0 saturated heterocycles. The van der Waals surface area contributed by atoms with Gasteiger partial charge >= 0.3 is 23.9 Å². The molecule has 1 aliphatic rings. The lowest BCUT2D eigenvalue weighted by Crippen LogP contribution is -2.50. The average Bonchev–Trinajstić information content (AvgIpc) is 2.06. The molecular formula is C6ClF9. The van der Waals surface area contributed by atoms with Crippen LogP contribution < -0.4 is 0 Å². The molecule has 0 radical (unpaired) electrons. The number of hydrogen-bond acceptors (Lipinski definition) is 0. The molecule has 0 aromatic heterocycles. The molecule has 16 heavy (non-hydrogen) atoms. The molecule has 0 nitrogen and oxygen atoms in total. The van der Waals surface area contributed by atoms with E-state index in [1.165, 1.54) is 0 Å². The van der Waals surface area contributed by atoms with Gasteiger partial charge in [-0.3, -0.25) is 0 Å². The van der Waals surface area contributed by atoms with Crippen LogP contribution in [0.4, 0.5) is 39.5 Å². The molecule has 0 fully saturated rings. The van der Waals surface area contributed by atoms with E-state index in [4.69, 9.17) is 0 Å². The molecule has 94 valence electrons. The summed E-state index contributed by atoms with van der Waals surface area (Å²) in [5, 5.41) is -2.88. The summed E-state index contributed by atoms with van der Waals surface area (Å²) in [5.41, 5.74) is -3.41. The minimum Gasteiger partial charge on any atom is -0.194 e. The first-order valence-corrected chi connectivity index (χ1v) is 3.77. The molecule has 0 saturated carbocycles. The predicted octanol–water partition coefficient (Wildman–Crippen LogP) is 3.96. The first-order valence-electron chi connectivity index (χ1n) is 3.39. The molecule has 0 aromatic rings. The van der Waals surface area contributed by atoms with E-state index in [2.05, 4.69) is 11.6 Å². The highest BCUT2D eigenvalue weighted by Gasteiger charge is 2.83. The molecule has 0 amide bonds. The fraction of sp³-hybridized carbons (Fsp3) is 0.667. The van der Waals surface area contributed by atoms with E-state index in [1.807, 2.05) is 0 Å². The summed E-state index contributed by atoms with van der Waals surface area (Å²) in [5.74, 6) is -18.0. The van der Waals surface area contributed by atoms with E-state index < -0.39 is 34.5 Å². The minimum atomic E-state index is -6.21. The van der Waals surface area contributed by atoms with Gasteiger partial charge in [0.05, 0.1) is 0 Å². The zero-order valence-electron chi connectivity index (χ0n) is 6.78. The van der Waals surface area contributed by atoms with Crippen LogP contribution in [0.2, 0.25) is 0 Å². The first-order chi connectivity index (χ1) is 6.78. The normalized spacial score (nSPS) is 27.4. The third kappa shape index (κ3) is 1.33. The Morgan fingerprint density at radius 3 is 1.31 bits per heavy atom. The molecule has 0 spiro atoms. The van der Waals surface area contributed by atoms with Crippen LogP contribution >= 0.6 is 11.6 Å². The van der Waals surface area contributed by atoms with Gasteiger partial charge in [0, 0.05) is 0 Å². The van der Waals surface area contributed by atoms with Crippen molar-refractivity contribution in [3.05, 3.63) is 10.6 Å². The summed E-state index contributed by atoms with van der Waals surface area (Å²) in [6, 6.07) is 0. The van der Waals surface area contributed by atoms with Gasteiger partial charge in [0.25, 0.3) is 0 Å². The van der Waals surface area contributed by atoms with Gasteiger partial charge in [-0.25, -0.2) is 0 Å². The molecule has 0 atom stereocenters. The van der Waals surface area contributed by atoms with E-state index >= 15 is 0 Å². The molecule has 0 bridgehead atoms. The van der Waals surface area contributed by atoms with Crippen molar-refractivity contribution in [2.24, 2.45) is 0 Å². The van der Waals surface area contributed by atoms with Gasteiger partial charge in [0.2, 0.25) is 0 Å². The van der Waals surface area contributed by atoms with E-state index in [0.29, 0.717) is 0 Å². The monoisotopic (exact) mass is 278 g/mol. The Labute approximate surface area is 86.7 Å². The van der Waals surface area contributed by atoms with Crippen LogP contribution in [0.3, 0.4) is 0 Å². The van der Waals surface area contributed by atoms with Gasteiger partial charge in [-0.2, -0.15) is 39.5 Å². The van der Waals surface area contributed by atoms with Crippen LogP contribution in [0.15, 0.2) is 10.6 Å². The van der Waals surface area contributed by atoms with E-state index in [-0.39, 0.29) is 0 Å². The van der Waals surface area contributed by atoms with Crippen LogP contribution in [0, 0.1) is 0 Å². The van der Waals surface area contributed by atoms with Crippen molar-refractivity contribution in [2.75, 3.05) is 0 Å². The number of rotatable bonds is 0. The zero-order chi connectivity index (χ0) is 13.2. The van der Waals surface area contributed by atoms with Gasteiger partial charge < -0.3 is 0 Å². The third-order valence-electron chi connectivity index (χ3n) is 1.88. The second kappa shape index (κ2) is 2.99. The molecule has 0 N–H and O–H groups in total. The molecule has 0 aromatic carbocycles. The van der Waals surface area contributed by atoms with Gasteiger partial charge in [0.1, 0.15) is 10.6 Å². The Morgan fingerprint density at radius 2 is 1.19 bits per heavy atom. The van der Waals surface area contributed by atoms with Crippen LogP contribution in [0.1, 0.15) is 0 Å². The minimum absolute atomic E-state index is 2.88. The van der Waals surface area contributed by atoms with E-state index in [0.717, 1.165) is 0 Å². The molecule has 1 rings (SSSR count). The number of halogens is 10. The van der Waals surface area contributed by atoms with Crippen molar-refractivity contribution in [3.8, 4) is 0 Å². The second-order valence-corrected chi connectivity index (χ2v) is 3.29. The van der Waals surface area contributed by atoms with Crippen molar-refractivity contribution < 1.29 is 39.5 Å².